The van der Waals surface area contributed by atoms with Crippen LogP contribution in [0, 0.1) is 0 Å². The smallest absolute Gasteiger partial charge is 0.214 e. The van der Waals surface area contributed by atoms with Gasteiger partial charge in [-0.05, 0) is 47.2 Å². The molecule has 4 aromatic rings. The Hall–Kier alpha value is -2.94. The molecule has 2 heterocycles. The standard InChI is InChI=1S/C22H23N5O2S/c1-16(28)17-7-9-18(10-8-17)21-12-11-20(29-21)15-23-13-14-30-22-24-25-26-27(22)19-5-3-2-4-6-19/h2-12,16,23,28H,13-15H2,1H3/p+1/t16-/m0/s1. The van der Waals surface area contributed by atoms with E-state index >= 15 is 0 Å². The number of benzene rings is 2. The molecule has 0 fully saturated rings. The molecular formula is C22H24N5O2S+. The molecule has 2 aromatic heterocycles. The average Bonchev–Trinajstić information content (AvgIpc) is 3.44. The zero-order valence-corrected chi connectivity index (χ0v) is 17.5. The van der Waals surface area contributed by atoms with Gasteiger partial charge in [0.1, 0.15) is 12.3 Å². The van der Waals surface area contributed by atoms with E-state index in [0.717, 1.165) is 52.3 Å². The van der Waals surface area contributed by atoms with Crippen molar-refractivity contribution in [3.05, 3.63) is 78.1 Å². The van der Waals surface area contributed by atoms with Gasteiger partial charge in [0.15, 0.2) is 5.76 Å². The van der Waals surface area contributed by atoms with Crippen LogP contribution in [0.25, 0.3) is 17.0 Å². The van der Waals surface area contributed by atoms with Gasteiger partial charge in [0.2, 0.25) is 5.16 Å². The Kier molecular flexibility index (Phi) is 6.58. The maximum atomic E-state index is 9.62. The third kappa shape index (κ3) is 4.96. The van der Waals surface area contributed by atoms with Crippen LogP contribution in [0.3, 0.4) is 0 Å². The first-order valence-corrected chi connectivity index (χ1v) is 10.8. The molecule has 1 atom stereocenters. The highest BCUT2D eigenvalue weighted by Crippen LogP contribution is 2.24. The molecule has 0 spiro atoms. The SMILES string of the molecule is C[C@H](O)c1ccc(-c2ccc(C[NH2+]CCSc3nnnn3-c3ccccc3)o2)cc1. The number of aromatic nitrogens is 4. The third-order valence-electron chi connectivity index (χ3n) is 4.68. The van der Waals surface area contributed by atoms with Gasteiger partial charge in [0.25, 0.3) is 0 Å². The molecule has 0 saturated heterocycles. The number of quaternary nitrogens is 1. The van der Waals surface area contributed by atoms with E-state index in [1.807, 2.05) is 66.7 Å². The number of nitrogens with two attached hydrogens (primary N) is 1. The highest BCUT2D eigenvalue weighted by Gasteiger charge is 2.10. The summed E-state index contributed by atoms with van der Waals surface area (Å²) in [5.41, 5.74) is 2.86. The van der Waals surface area contributed by atoms with Crippen LogP contribution in [0.4, 0.5) is 0 Å². The van der Waals surface area contributed by atoms with E-state index in [1.165, 1.54) is 0 Å². The fourth-order valence-corrected chi connectivity index (χ4v) is 3.87. The van der Waals surface area contributed by atoms with Gasteiger partial charge in [0.05, 0.1) is 24.1 Å². The topological polar surface area (TPSA) is 93.6 Å². The molecular weight excluding hydrogens is 398 g/mol. The van der Waals surface area contributed by atoms with Crippen molar-refractivity contribution >= 4 is 11.8 Å². The first-order chi connectivity index (χ1) is 14.7. The maximum Gasteiger partial charge on any atom is 0.214 e. The van der Waals surface area contributed by atoms with Crippen molar-refractivity contribution in [2.45, 2.75) is 24.7 Å². The number of rotatable bonds is 9. The number of thioether (sulfide) groups is 1. The van der Waals surface area contributed by atoms with Crippen molar-refractivity contribution in [2.24, 2.45) is 0 Å². The first-order valence-electron chi connectivity index (χ1n) is 9.86. The first kappa shape index (κ1) is 20.3. The summed E-state index contributed by atoms with van der Waals surface area (Å²) < 4.78 is 7.72. The summed E-state index contributed by atoms with van der Waals surface area (Å²) in [5.74, 6) is 2.66. The number of hydrogen-bond acceptors (Lipinski definition) is 6. The van der Waals surface area contributed by atoms with Crippen molar-refractivity contribution in [1.82, 2.24) is 20.2 Å². The minimum Gasteiger partial charge on any atom is -0.455 e. The molecule has 4 rings (SSSR count). The number of tetrazole rings is 1. The lowest BCUT2D eigenvalue weighted by molar-refractivity contribution is -0.668. The lowest BCUT2D eigenvalue weighted by Crippen LogP contribution is -2.83. The molecule has 3 N–H and O–H groups in total. The molecule has 30 heavy (non-hydrogen) atoms. The van der Waals surface area contributed by atoms with E-state index < -0.39 is 6.10 Å². The lowest BCUT2D eigenvalue weighted by Gasteiger charge is -2.05. The van der Waals surface area contributed by atoms with Gasteiger partial charge in [0, 0.05) is 5.56 Å². The molecule has 2 aromatic carbocycles. The largest absolute Gasteiger partial charge is 0.455 e. The fourth-order valence-electron chi connectivity index (χ4n) is 3.05. The molecule has 7 nitrogen and oxygen atoms in total. The summed E-state index contributed by atoms with van der Waals surface area (Å²) in [6.45, 7) is 3.46. The maximum absolute atomic E-state index is 9.62. The van der Waals surface area contributed by atoms with Crippen LogP contribution in [-0.4, -0.2) is 37.6 Å². The minimum atomic E-state index is -0.462. The summed E-state index contributed by atoms with van der Waals surface area (Å²) in [4.78, 5) is 0. The molecule has 0 aliphatic heterocycles. The summed E-state index contributed by atoms with van der Waals surface area (Å²) >= 11 is 1.63. The van der Waals surface area contributed by atoms with Crippen molar-refractivity contribution in [1.29, 1.82) is 0 Å². The Labute approximate surface area is 179 Å². The predicted molar refractivity (Wildman–Crippen MR) is 115 cm³/mol. The van der Waals surface area contributed by atoms with Crippen LogP contribution in [0.1, 0.15) is 24.4 Å². The Morgan fingerprint density at radius 1 is 1.07 bits per heavy atom. The molecule has 154 valence electrons. The van der Waals surface area contributed by atoms with Gasteiger partial charge in [-0.25, -0.2) is 0 Å². The lowest BCUT2D eigenvalue weighted by atomic mass is 10.1. The van der Waals surface area contributed by atoms with Crippen LogP contribution in [0.5, 0.6) is 0 Å². The zero-order chi connectivity index (χ0) is 20.8. The van der Waals surface area contributed by atoms with Gasteiger partial charge >= 0.3 is 0 Å². The van der Waals surface area contributed by atoms with E-state index in [1.54, 1.807) is 23.4 Å². The summed E-state index contributed by atoms with van der Waals surface area (Å²) in [7, 11) is 0. The Morgan fingerprint density at radius 3 is 2.63 bits per heavy atom. The number of aliphatic hydroxyl groups excluding tert-OH is 1. The van der Waals surface area contributed by atoms with E-state index in [0.29, 0.717) is 0 Å². The normalized spacial score (nSPS) is 12.2. The molecule has 0 radical (unpaired) electrons. The summed E-state index contributed by atoms with van der Waals surface area (Å²) in [6, 6.07) is 21.7. The average molecular weight is 423 g/mol. The minimum absolute atomic E-state index is 0.462. The van der Waals surface area contributed by atoms with Gasteiger partial charge < -0.3 is 14.8 Å². The molecule has 0 aliphatic rings. The van der Waals surface area contributed by atoms with Gasteiger partial charge in [-0.15, -0.1) is 5.10 Å². The Balaban J connectivity index is 1.25. The molecule has 0 aliphatic carbocycles. The van der Waals surface area contributed by atoms with Gasteiger partial charge in [-0.3, -0.25) is 0 Å². The van der Waals surface area contributed by atoms with Crippen LogP contribution in [-0.2, 0) is 6.54 Å². The summed E-state index contributed by atoms with van der Waals surface area (Å²) in [5, 5.41) is 24.6. The number of hydrogen-bond donors (Lipinski definition) is 2. The molecule has 0 unspecified atom stereocenters. The van der Waals surface area contributed by atoms with Crippen molar-refractivity contribution in [3.8, 4) is 17.0 Å². The number of nitrogens with zero attached hydrogens (tertiary/aromatic N) is 4. The van der Waals surface area contributed by atoms with E-state index in [-0.39, 0.29) is 0 Å². The second-order valence-electron chi connectivity index (χ2n) is 6.90. The highest BCUT2D eigenvalue weighted by atomic mass is 32.2. The monoisotopic (exact) mass is 422 g/mol. The Morgan fingerprint density at radius 2 is 1.87 bits per heavy atom. The molecule has 0 bridgehead atoms. The predicted octanol–water partition coefficient (Wildman–Crippen LogP) is 2.83. The quantitative estimate of drug-likeness (QED) is 0.318. The second-order valence-corrected chi connectivity index (χ2v) is 7.96. The molecule has 8 heteroatoms. The third-order valence-corrected chi connectivity index (χ3v) is 5.63. The van der Waals surface area contributed by atoms with Crippen LogP contribution in [0.15, 0.2) is 76.3 Å². The van der Waals surface area contributed by atoms with E-state index in [9.17, 15) is 5.11 Å². The van der Waals surface area contributed by atoms with Crippen molar-refractivity contribution < 1.29 is 14.8 Å². The van der Waals surface area contributed by atoms with Crippen molar-refractivity contribution in [2.75, 3.05) is 12.3 Å². The second kappa shape index (κ2) is 9.71. The summed E-state index contributed by atoms with van der Waals surface area (Å²) in [6.07, 6.45) is -0.462. The Bertz CT molecular complexity index is 1060. The number of furan rings is 1. The number of para-hydroxylation sites is 1. The van der Waals surface area contributed by atoms with E-state index in [2.05, 4.69) is 20.8 Å². The van der Waals surface area contributed by atoms with E-state index in [4.69, 9.17) is 4.42 Å². The molecule has 0 saturated carbocycles. The van der Waals surface area contributed by atoms with Gasteiger partial charge in [-0.2, -0.15) is 4.68 Å². The fraction of sp³-hybridized carbons (Fsp3) is 0.227. The van der Waals surface area contributed by atoms with Crippen LogP contribution in [0.2, 0.25) is 0 Å². The number of aliphatic hydroxyl groups is 1. The highest BCUT2D eigenvalue weighted by molar-refractivity contribution is 7.99. The zero-order valence-electron chi connectivity index (χ0n) is 16.7. The van der Waals surface area contributed by atoms with Crippen LogP contribution < -0.4 is 5.32 Å². The van der Waals surface area contributed by atoms with Crippen molar-refractivity contribution in [3.63, 3.8) is 0 Å². The van der Waals surface area contributed by atoms with Crippen LogP contribution >= 0.6 is 11.8 Å². The molecule has 0 amide bonds. The van der Waals surface area contributed by atoms with Gasteiger partial charge in [-0.1, -0.05) is 54.2 Å².